The lowest BCUT2D eigenvalue weighted by Gasteiger charge is -2.00. The largest absolute Gasteiger partial charge is 0.463 e. The van der Waals surface area contributed by atoms with E-state index in [0.717, 1.165) is 11.1 Å². The summed E-state index contributed by atoms with van der Waals surface area (Å²) in [5, 5.41) is 0. The molecule has 0 radical (unpaired) electrons. The van der Waals surface area contributed by atoms with Gasteiger partial charge >= 0.3 is 11.9 Å². The molecule has 7 heteroatoms. The molecule has 1 N–H and O–H groups in total. The molecule has 0 saturated heterocycles. The molecule has 29 heavy (non-hydrogen) atoms. The van der Waals surface area contributed by atoms with E-state index in [9.17, 15) is 14.5 Å². The number of carbonyl (C=O) groups excluding carboxylic acids is 2. The van der Waals surface area contributed by atoms with Gasteiger partial charge in [0.15, 0.2) is 4.87 Å². The van der Waals surface area contributed by atoms with E-state index in [0.29, 0.717) is 29.5 Å². The summed E-state index contributed by atoms with van der Waals surface area (Å²) in [6.07, 6.45) is 5.94. The molecule has 2 aromatic carbocycles. The van der Waals surface area contributed by atoms with Crippen LogP contribution in [0.1, 0.15) is 25.0 Å². The highest BCUT2D eigenvalue weighted by molar-refractivity contribution is 5.87. The van der Waals surface area contributed by atoms with Crippen LogP contribution in [-0.2, 0) is 19.1 Å². The molecule has 2 rings (SSSR count). The van der Waals surface area contributed by atoms with Gasteiger partial charge in [0.05, 0.1) is 18.1 Å². The Morgan fingerprint density at radius 3 is 1.72 bits per heavy atom. The molecule has 0 amide bonds. The van der Waals surface area contributed by atoms with Crippen molar-refractivity contribution >= 4 is 35.5 Å². The van der Waals surface area contributed by atoms with Gasteiger partial charge in [-0.05, 0) is 61.4 Å². The van der Waals surface area contributed by atoms with Crippen LogP contribution >= 0.6 is 0 Å². The molecule has 0 aliphatic carbocycles. The fraction of sp³-hybridized carbons (Fsp3) is 0.182. The number of rotatable bonds is 9. The second-order valence-corrected chi connectivity index (χ2v) is 5.79. The molecule has 0 unspecified atom stereocenters. The molecular formula is C22H23N2O5+. The minimum absolute atomic E-state index is 0.321. The highest BCUT2D eigenvalue weighted by atomic mass is 16.5. The van der Waals surface area contributed by atoms with Crippen molar-refractivity contribution in [3.8, 4) is 0 Å². The molecule has 0 aliphatic heterocycles. The number of nitroso groups, excluding NO2 is 1. The SMILES string of the molecule is CCOC(=O)/C=C/c1ccc(N[N+](=O)c2ccc(/C=C/C(=O)OCC)cc2)cc1. The molecule has 150 valence electrons. The normalized spacial score (nSPS) is 10.8. The van der Waals surface area contributed by atoms with Gasteiger partial charge in [-0.3, -0.25) is 0 Å². The lowest BCUT2D eigenvalue weighted by molar-refractivity contribution is -0.427. The van der Waals surface area contributed by atoms with E-state index in [4.69, 9.17) is 9.47 Å². The number of nitrogens with zero attached hydrogens (tertiary/aromatic N) is 1. The van der Waals surface area contributed by atoms with Crippen molar-refractivity contribution in [2.75, 3.05) is 18.6 Å². The summed E-state index contributed by atoms with van der Waals surface area (Å²) in [6, 6.07) is 13.7. The van der Waals surface area contributed by atoms with E-state index in [1.807, 2.05) is 0 Å². The van der Waals surface area contributed by atoms with Crippen LogP contribution in [0.2, 0.25) is 0 Å². The summed E-state index contributed by atoms with van der Waals surface area (Å²) in [5.41, 5.74) is 5.31. The van der Waals surface area contributed by atoms with Crippen molar-refractivity contribution in [2.45, 2.75) is 13.8 Å². The fourth-order valence-electron chi connectivity index (χ4n) is 2.28. The van der Waals surface area contributed by atoms with Gasteiger partial charge in [0, 0.05) is 24.3 Å². The van der Waals surface area contributed by atoms with E-state index in [1.54, 1.807) is 74.5 Å². The van der Waals surface area contributed by atoms with Gasteiger partial charge in [0.2, 0.25) is 0 Å². The number of ether oxygens (including phenoxy) is 2. The third-order valence-corrected chi connectivity index (χ3v) is 3.67. The fourth-order valence-corrected chi connectivity index (χ4v) is 2.28. The van der Waals surface area contributed by atoms with Gasteiger partial charge in [-0.1, -0.05) is 12.1 Å². The van der Waals surface area contributed by atoms with Crippen molar-refractivity contribution in [3.63, 3.8) is 0 Å². The second-order valence-electron chi connectivity index (χ2n) is 5.79. The predicted octanol–water partition coefficient (Wildman–Crippen LogP) is 4.28. The van der Waals surface area contributed by atoms with Crippen LogP contribution in [0.5, 0.6) is 0 Å². The summed E-state index contributed by atoms with van der Waals surface area (Å²) in [7, 11) is 0. The van der Waals surface area contributed by atoms with Gasteiger partial charge in [-0.25, -0.2) is 9.59 Å². The summed E-state index contributed by atoms with van der Waals surface area (Å²) in [4.78, 5) is 35.6. The molecule has 0 atom stereocenters. The maximum atomic E-state index is 12.3. The molecule has 0 aromatic heterocycles. The van der Waals surface area contributed by atoms with E-state index in [2.05, 4.69) is 5.43 Å². The number of hydrogen-bond donors (Lipinski definition) is 1. The molecule has 0 bridgehead atoms. The van der Waals surface area contributed by atoms with E-state index >= 15 is 0 Å². The molecular weight excluding hydrogens is 372 g/mol. The molecule has 7 nitrogen and oxygen atoms in total. The van der Waals surface area contributed by atoms with Crippen LogP contribution in [0, 0.1) is 4.91 Å². The average molecular weight is 395 g/mol. The van der Waals surface area contributed by atoms with E-state index in [-0.39, 0.29) is 0 Å². The first kappa shape index (κ1) is 21.6. The van der Waals surface area contributed by atoms with Gasteiger partial charge < -0.3 is 9.47 Å². The summed E-state index contributed by atoms with van der Waals surface area (Å²) in [6.45, 7) is 4.13. The third kappa shape index (κ3) is 7.42. The monoisotopic (exact) mass is 395 g/mol. The van der Waals surface area contributed by atoms with Gasteiger partial charge in [0.1, 0.15) is 5.69 Å². The predicted molar refractivity (Wildman–Crippen MR) is 111 cm³/mol. The van der Waals surface area contributed by atoms with E-state index in [1.165, 1.54) is 12.2 Å². The molecule has 0 spiro atoms. The quantitative estimate of drug-likeness (QED) is 0.295. The van der Waals surface area contributed by atoms with Crippen molar-refractivity contribution in [3.05, 3.63) is 76.7 Å². The Labute approximate surface area is 169 Å². The number of nitrogens with one attached hydrogen (secondary N) is 1. The standard InChI is InChI=1S/C22H22N2O5/c1-3-28-21(25)15-9-17-5-11-19(12-6-17)23-24(27)20-13-7-18(8-14-20)10-16-22(26)29-4-2/h5-16H,3-4H2,1-2H3/p+1/b16-10+. The van der Waals surface area contributed by atoms with Crippen molar-refractivity contribution in [1.29, 1.82) is 0 Å². The van der Waals surface area contributed by atoms with Crippen molar-refractivity contribution in [1.82, 2.24) is 0 Å². The van der Waals surface area contributed by atoms with Gasteiger partial charge in [0.25, 0.3) is 5.69 Å². The average Bonchev–Trinajstić information content (AvgIpc) is 2.72. The first-order valence-corrected chi connectivity index (χ1v) is 9.15. The lowest BCUT2D eigenvalue weighted by atomic mass is 10.2. The van der Waals surface area contributed by atoms with Gasteiger partial charge in [-0.2, -0.15) is 0 Å². The Morgan fingerprint density at radius 2 is 1.28 bits per heavy atom. The Balaban J connectivity index is 1.94. The Morgan fingerprint density at radius 1 is 0.828 bits per heavy atom. The maximum absolute atomic E-state index is 12.3. The van der Waals surface area contributed by atoms with Gasteiger partial charge in [-0.15, -0.1) is 5.43 Å². The minimum atomic E-state index is -0.413. The van der Waals surface area contributed by atoms with E-state index < -0.39 is 11.9 Å². The first-order chi connectivity index (χ1) is 14.0. The highest BCUT2D eigenvalue weighted by Gasteiger charge is 2.13. The smallest absolute Gasteiger partial charge is 0.330 e. The molecule has 0 heterocycles. The zero-order chi connectivity index (χ0) is 21.1. The summed E-state index contributed by atoms with van der Waals surface area (Å²) < 4.78 is 9.64. The van der Waals surface area contributed by atoms with Crippen LogP contribution < -0.4 is 5.43 Å². The second kappa shape index (κ2) is 11.2. The molecule has 0 fully saturated rings. The molecule has 2 aromatic rings. The minimum Gasteiger partial charge on any atom is -0.463 e. The number of hydrogen-bond acceptors (Lipinski definition) is 5. The zero-order valence-electron chi connectivity index (χ0n) is 16.3. The number of anilines is 1. The van der Waals surface area contributed by atoms with Crippen molar-refractivity contribution < 1.29 is 23.9 Å². The van der Waals surface area contributed by atoms with Crippen molar-refractivity contribution in [2.24, 2.45) is 0 Å². The van der Waals surface area contributed by atoms with Crippen LogP contribution in [0.15, 0.2) is 60.7 Å². The number of carbonyl (C=O) groups is 2. The topological polar surface area (TPSA) is 84.7 Å². The number of hydrazine groups is 1. The Kier molecular flexibility index (Phi) is 8.31. The highest BCUT2D eigenvalue weighted by Crippen LogP contribution is 2.17. The van der Waals surface area contributed by atoms with Crippen LogP contribution in [0.25, 0.3) is 12.2 Å². The Hall–Kier alpha value is -3.74. The third-order valence-electron chi connectivity index (χ3n) is 3.67. The Bertz CT molecular complexity index is 900. The summed E-state index contributed by atoms with van der Waals surface area (Å²) >= 11 is 0. The molecule has 0 saturated carbocycles. The summed E-state index contributed by atoms with van der Waals surface area (Å²) in [5.74, 6) is -0.815. The first-order valence-electron chi connectivity index (χ1n) is 9.15. The van der Waals surface area contributed by atoms with Crippen LogP contribution in [-0.4, -0.2) is 30.0 Å². The van der Waals surface area contributed by atoms with Crippen LogP contribution in [0.4, 0.5) is 11.4 Å². The molecule has 0 aliphatic rings. The van der Waals surface area contributed by atoms with Crippen LogP contribution in [0.3, 0.4) is 0 Å². The number of esters is 2. The lowest BCUT2D eigenvalue weighted by Crippen LogP contribution is -2.10. The zero-order valence-corrected chi connectivity index (χ0v) is 16.3. The number of benzene rings is 2. The maximum Gasteiger partial charge on any atom is 0.330 e.